The van der Waals surface area contributed by atoms with E-state index in [0.717, 1.165) is 37.7 Å². The smallest absolute Gasteiger partial charge is 0.408 e. The number of nitrogens with one attached hydrogen (secondary N) is 1. The van der Waals surface area contributed by atoms with Crippen molar-refractivity contribution in [2.24, 2.45) is 11.8 Å². The Morgan fingerprint density at radius 2 is 1.55 bits per heavy atom. The fraction of sp³-hybridized carbons (Fsp3) is 0.590. The molecule has 1 saturated carbocycles. The molecule has 0 unspecified atom stereocenters. The predicted molar refractivity (Wildman–Crippen MR) is 180 cm³/mol. The summed E-state index contributed by atoms with van der Waals surface area (Å²) in [5, 5.41) is 2.98. The van der Waals surface area contributed by atoms with Gasteiger partial charge in [-0.3, -0.25) is 0 Å². The molecule has 3 rings (SSSR count). The summed E-state index contributed by atoms with van der Waals surface area (Å²) < 4.78 is 12.1. The second-order valence-corrected chi connectivity index (χ2v) is 13.4. The standard InChI is InChI=1S/C39H57NO4/c1-6-8-9-10-11-12-13-20-28-39(27-7-2,40-37(42)43-30-32-21-16-14-17-22-32)36(41)44-35-29-31(3)25-26-34(35)38(4,5)33-23-18-15-19-24-33/h14-24,28,31,34-35H,6-13,25-27,29-30H2,1-5H3,(H,40,42)/b28-20+/t31-,34-,35-,39-/m1/s1. The molecule has 44 heavy (non-hydrogen) atoms. The molecule has 1 fully saturated rings. The number of hydrogen-bond donors (Lipinski definition) is 1. The fourth-order valence-electron chi connectivity index (χ4n) is 6.68. The Bertz CT molecular complexity index is 1150. The van der Waals surface area contributed by atoms with Crippen molar-refractivity contribution in [3.05, 3.63) is 83.9 Å². The van der Waals surface area contributed by atoms with Crippen LogP contribution >= 0.6 is 0 Å². The molecular formula is C39H57NO4. The van der Waals surface area contributed by atoms with Crippen molar-refractivity contribution in [2.75, 3.05) is 0 Å². The molecule has 0 aliphatic heterocycles. The van der Waals surface area contributed by atoms with Crippen molar-refractivity contribution >= 4 is 12.1 Å². The van der Waals surface area contributed by atoms with E-state index in [0.29, 0.717) is 18.8 Å². The largest absolute Gasteiger partial charge is 0.460 e. The van der Waals surface area contributed by atoms with Crippen molar-refractivity contribution < 1.29 is 19.1 Å². The normalized spacial score (nSPS) is 20.2. The van der Waals surface area contributed by atoms with E-state index in [9.17, 15) is 9.59 Å². The van der Waals surface area contributed by atoms with E-state index in [1.165, 1.54) is 37.7 Å². The molecule has 5 nitrogen and oxygen atoms in total. The van der Waals surface area contributed by atoms with Crippen LogP contribution in [0, 0.1) is 11.8 Å². The summed E-state index contributed by atoms with van der Waals surface area (Å²) in [6, 6.07) is 20.1. The van der Waals surface area contributed by atoms with Gasteiger partial charge in [0.15, 0.2) is 5.54 Å². The lowest BCUT2D eigenvalue weighted by molar-refractivity contribution is -0.162. The van der Waals surface area contributed by atoms with Crippen molar-refractivity contribution in [3.63, 3.8) is 0 Å². The van der Waals surface area contributed by atoms with E-state index < -0.39 is 11.6 Å². The maximum Gasteiger partial charge on any atom is 0.408 e. The number of unbranched alkanes of at least 4 members (excludes halogenated alkanes) is 6. The maximum atomic E-state index is 14.3. The molecule has 1 aliphatic rings. The SMILES string of the molecule is CCCCCCCC/C=C/[C@@](CCC)(NC(=O)OCc1ccccc1)C(=O)O[C@@H]1C[C@H](C)CC[C@H]1C(C)(C)c1ccccc1. The van der Waals surface area contributed by atoms with Crippen LogP contribution in [0.25, 0.3) is 0 Å². The summed E-state index contributed by atoms with van der Waals surface area (Å²) in [6.45, 7) is 11.2. The van der Waals surface area contributed by atoms with Crippen LogP contribution in [0.1, 0.15) is 123 Å². The maximum absolute atomic E-state index is 14.3. The lowest BCUT2D eigenvalue weighted by atomic mass is 9.64. The van der Waals surface area contributed by atoms with Crippen LogP contribution in [-0.4, -0.2) is 23.7 Å². The Morgan fingerprint density at radius 1 is 0.886 bits per heavy atom. The Labute approximate surface area is 267 Å². The summed E-state index contributed by atoms with van der Waals surface area (Å²) in [5.41, 5.74) is 0.691. The lowest BCUT2D eigenvalue weighted by Crippen LogP contribution is -2.56. The second kappa shape index (κ2) is 18.0. The predicted octanol–water partition coefficient (Wildman–Crippen LogP) is 10.1. The number of alkyl carbamates (subject to hydrolysis) is 1. The number of esters is 1. The summed E-state index contributed by atoms with van der Waals surface area (Å²) in [7, 11) is 0. The zero-order valence-corrected chi connectivity index (χ0v) is 28.0. The van der Waals surface area contributed by atoms with Crippen LogP contribution in [0.2, 0.25) is 0 Å². The van der Waals surface area contributed by atoms with Gasteiger partial charge in [-0.05, 0) is 54.6 Å². The molecule has 0 saturated heterocycles. The first-order valence-electron chi connectivity index (χ1n) is 17.1. The molecule has 0 aromatic heterocycles. The zero-order valence-electron chi connectivity index (χ0n) is 28.0. The molecule has 1 N–H and O–H groups in total. The average molecular weight is 604 g/mol. The van der Waals surface area contributed by atoms with Crippen LogP contribution < -0.4 is 5.32 Å². The van der Waals surface area contributed by atoms with Crippen molar-refractivity contribution in [2.45, 2.75) is 135 Å². The van der Waals surface area contributed by atoms with Gasteiger partial charge < -0.3 is 14.8 Å². The van der Waals surface area contributed by atoms with E-state index >= 15 is 0 Å². The number of allylic oxidation sites excluding steroid dienone is 1. The van der Waals surface area contributed by atoms with Crippen LogP contribution in [0.3, 0.4) is 0 Å². The van der Waals surface area contributed by atoms with Gasteiger partial charge in [-0.2, -0.15) is 0 Å². The molecule has 0 heterocycles. The second-order valence-electron chi connectivity index (χ2n) is 13.4. The molecule has 242 valence electrons. The average Bonchev–Trinajstić information content (AvgIpc) is 3.02. The first-order chi connectivity index (χ1) is 21.2. The molecule has 0 radical (unpaired) electrons. The first kappa shape index (κ1) is 35.4. The number of carbonyl (C=O) groups excluding carboxylic acids is 2. The highest BCUT2D eigenvalue weighted by atomic mass is 16.6. The lowest BCUT2D eigenvalue weighted by Gasteiger charge is -2.45. The summed E-state index contributed by atoms with van der Waals surface area (Å²) >= 11 is 0. The van der Waals surface area contributed by atoms with Gasteiger partial charge in [0, 0.05) is 5.92 Å². The highest BCUT2D eigenvalue weighted by molar-refractivity contribution is 5.88. The minimum atomic E-state index is -1.28. The number of rotatable bonds is 17. The minimum absolute atomic E-state index is 0.138. The number of amides is 1. The zero-order chi connectivity index (χ0) is 31.8. The van der Waals surface area contributed by atoms with Crippen molar-refractivity contribution in [1.82, 2.24) is 5.32 Å². The van der Waals surface area contributed by atoms with Gasteiger partial charge >= 0.3 is 12.1 Å². The molecular weight excluding hydrogens is 546 g/mol. The molecule has 2 aromatic rings. The number of ether oxygens (including phenoxy) is 2. The third-order valence-corrected chi connectivity index (χ3v) is 9.43. The van der Waals surface area contributed by atoms with Crippen LogP contribution in [-0.2, 0) is 26.3 Å². The first-order valence-corrected chi connectivity index (χ1v) is 17.1. The van der Waals surface area contributed by atoms with Gasteiger partial charge in [-0.25, -0.2) is 9.59 Å². The van der Waals surface area contributed by atoms with Gasteiger partial charge in [-0.15, -0.1) is 0 Å². The number of hydrogen-bond acceptors (Lipinski definition) is 4. The van der Waals surface area contributed by atoms with Crippen molar-refractivity contribution in [3.8, 4) is 0 Å². The Hall–Kier alpha value is -3.08. The highest BCUT2D eigenvalue weighted by Gasteiger charge is 2.46. The van der Waals surface area contributed by atoms with Crippen LogP contribution in [0.4, 0.5) is 4.79 Å². The van der Waals surface area contributed by atoms with Gasteiger partial charge in [0.25, 0.3) is 0 Å². The summed E-state index contributed by atoms with van der Waals surface area (Å²) in [4.78, 5) is 27.6. The van der Waals surface area contributed by atoms with E-state index in [2.05, 4.69) is 63.4 Å². The van der Waals surface area contributed by atoms with Gasteiger partial charge in [0.1, 0.15) is 12.7 Å². The van der Waals surface area contributed by atoms with Crippen molar-refractivity contribution in [1.29, 1.82) is 0 Å². The minimum Gasteiger partial charge on any atom is -0.460 e. The third kappa shape index (κ3) is 10.5. The Kier molecular flexibility index (Phi) is 14.5. The Morgan fingerprint density at radius 3 is 2.23 bits per heavy atom. The van der Waals surface area contributed by atoms with Crippen LogP contribution in [0.5, 0.6) is 0 Å². The third-order valence-electron chi connectivity index (χ3n) is 9.43. The van der Waals surface area contributed by atoms with Gasteiger partial charge in [0.2, 0.25) is 0 Å². The number of benzene rings is 2. The molecule has 2 aromatic carbocycles. The molecule has 0 spiro atoms. The fourth-order valence-corrected chi connectivity index (χ4v) is 6.68. The highest BCUT2D eigenvalue weighted by Crippen LogP contribution is 2.44. The van der Waals surface area contributed by atoms with Gasteiger partial charge in [0.05, 0.1) is 0 Å². The molecule has 0 bridgehead atoms. The molecule has 1 amide bonds. The van der Waals surface area contributed by atoms with E-state index in [4.69, 9.17) is 9.47 Å². The van der Waals surface area contributed by atoms with Gasteiger partial charge in [-0.1, -0.05) is 152 Å². The monoisotopic (exact) mass is 603 g/mol. The van der Waals surface area contributed by atoms with Crippen LogP contribution in [0.15, 0.2) is 72.8 Å². The molecule has 5 heteroatoms. The number of carbonyl (C=O) groups is 2. The molecule has 4 atom stereocenters. The topological polar surface area (TPSA) is 64.6 Å². The Balaban J connectivity index is 1.82. The summed E-state index contributed by atoms with van der Waals surface area (Å²) in [5.74, 6) is 0.243. The summed E-state index contributed by atoms with van der Waals surface area (Å²) in [6.07, 6.45) is 15.2. The van der Waals surface area contributed by atoms with E-state index in [-0.39, 0.29) is 30.0 Å². The molecule has 1 aliphatic carbocycles. The van der Waals surface area contributed by atoms with E-state index in [1.54, 1.807) is 0 Å². The quantitative estimate of drug-likeness (QED) is 0.111. The van der Waals surface area contributed by atoms with E-state index in [1.807, 2.05) is 49.4 Å².